The molecule has 0 saturated heterocycles. The summed E-state index contributed by atoms with van der Waals surface area (Å²) in [5.41, 5.74) is 3.61. The van der Waals surface area contributed by atoms with Crippen LogP contribution >= 0.6 is 0 Å². The molecule has 0 radical (unpaired) electrons. The van der Waals surface area contributed by atoms with Gasteiger partial charge in [0.1, 0.15) is 5.52 Å². The van der Waals surface area contributed by atoms with E-state index < -0.39 is 0 Å². The standard InChI is InChI=1S/C15H14N2O/c1-11-8-9-16-10-12(2)17(15(18)14(11)16)13-6-4-3-5-7-13/h3-10H,1-2H3. The van der Waals surface area contributed by atoms with Crippen molar-refractivity contribution in [3.8, 4) is 5.69 Å². The summed E-state index contributed by atoms with van der Waals surface area (Å²) in [5.74, 6) is 0. The largest absolute Gasteiger partial charge is 0.317 e. The molecule has 0 aliphatic rings. The van der Waals surface area contributed by atoms with Gasteiger partial charge in [-0.05, 0) is 37.6 Å². The Morgan fingerprint density at radius 2 is 1.72 bits per heavy atom. The first-order valence-electron chi connectivity index (χ1n) is 5.94. The number of benzene rings is 1. The lowest BCUT2D eigenvalue weighted by atomic mass is 10.2. The van der Waals surface area contributed by atoms with Crippen LogP contribution in [0.1, 0.15) is 11.3 Å². The molecule has 0 saturated carbocycles. The molecule has 90 valence electrons. The second-order valence-electron chi connectivity index (χ2n) is 4.50. The first-order chi connectivity index (χ1) is 8.68. The summed E-state index contributed by atoms with van der Waals surface area (Å²) < 4.78 is 3.65. The van der Waals surface area contributed by atoms with Crippen molar-refractivity contribution in [2.45, 2.75) is 13.8 Å². The lowest BCUT2D eigenvalue weighted by Gasteiger charge is -2.11. The molecule has 0 aliphatic heterocycles. The predicted molar refractivity (Wildman–Crippen MR) is 72.5 cm³/mol. The quantitative estimate of drug-likeness (QED) is 0.640. The molecule has 1 aromatic carbocycles. The van der Waals surface area contributed by atoms with Gasteiger partial charge in [0.2, 0.25) is 0 Å². The number of aromatic nitrogens is 2. The second-order valence-corrected chi connectivity index (χ2v) is 4.50. The number of para-hydroxylation sites is 1. The van der Waals surface area contributed by atoms with Gasteiger partial charge < -0.3 is 4.40 Å². The smallest absolute Gasteiger partial charge is 0.279 e. The lowest BCUT2D eigenvalue weighted by molar-refractivity contribution is 0.903. The van der Waals surface area contributed by atoms with Crippen LogP contribution in [0.5, 0.6) is 0 Å². The minimum atomic E-state index is 0.0312. The topological polar surface area (TPSA) is 26.4 Å². The van der Waals surface area contributed by atoms with Crippen molar-refractivity contribution in [1.29, 1.82) is 0 Å². The summed E-state index contributed by atoms with van der Waals surface area (Å²) in [4.78, 5) is 12.6. The number of rotatable bonds is 1. The Balaban J connectivity index is 2.43. The molecular weight excluding hydrogens is 224 g/mol. The first kappa shape index (κ1) is 10.8. The number of nitrogens with zero attached hydrogens (tertiary/aromatic N) is 2. The monoisotopic (exact) mass is 238 g/mol. The van der Waals surface area contributed by atoms with E-state index in [1.54, 1.807) is 4.57 Å². The summed E-state index contributed by atoms with van der Waals surface area (Å²) >= 11 is 0. The van der Waals surface area contributed by atoms with Crippen molar-refractivity contribution in [3.63, 3.8) is 0 Å². The molecule has 3 rings (SSSR count). The molecule has 3 aromatic rings. The van der Waals surface area contributed by atoms with Gasteiger partial charge in [0.05, 0.1) is 0 Å². The van der Waals surface area contributed by atoms with Gasteiger partial charge in [-0.25, -0.2) is 0 Å². The van der Waals surface area contributed by atoms with E-state index in [1.807, 2.05) is 67.0 Å². The Morgan fingerprint density at radius 1 is 1.00 bits per heavy atom. The molecule has 0 unspecified atom stereocenters. The fourth-order valence-electron chi connectivity index (χ4n) is 2.36. The maximum absolute atomic E-state index is 12.6. The summed E-state index contributed by atoms with van der Waals surface area (Å²) in [7, 11) is 0. The van der Waals surface area contributed by atoms with Gasteiger partial charge in [0.15, 0.2) is 0 Å². The van der Waals surface area contributed by atoms with Gasteiger partial charge in [-0.2, -0.15) is 0 Å². The van der Waals surface area contributed by atoms with Crippen molar-refractivity contribution in [2.24, 2.45) is 0 Å². The highest BCUT2D eigenvalue weighted by Gasteiger charge is 2.10. The number of fused-ring (bicyclic) bond motifs is 1. The fourth-order valence-corrected chi connectivity index (χ4v) is 2.36. The zero-order valence-corrected chi connectivity index (χ0v) is 10.4. The molecule has 0 N–H and O–H groups in total. The minimum absolute atomic E-state index is 0.0312. The Labute approximate surface area is 105 Å². The third-order valence-electron chi connectivity index (χ3n) is 3.22. The zero-order valence-electron chi connectivity index (χ0n) is 10.4. The van der Waals surface area contributed by atoms with E-state index >= 15 is 0 Å². The van der Waals surface area contributed by atoms with Crippen LogP contribution in [0, 0.1) is 13.8 Å². The van der Waals surface area contributed by atoms with E-state index in [4.69, 9.17) is 0 Å². The van der Waals surface area contributed by atoms with Crippen molar-refractivity contribution in [3.05, 3.63) is 70.4 Å². The van der Waals surface area contributed by atoms with Crippen LogP contribution in [-0.4, -0.2) is 8.97 Å². The molecule has 0 aliphatic carbocycles. The van der Waals surface area contributed by atoms with Crippen LogP contribution in [0.4, 0.5) is 0 Å². The maximum atomic E-state index is 12.6. The van der Waals surface area contributed by atoms with Crippen molar-refractivity contribution < 1.29 is 0 Å². The van der Waals surface area contributed by atoms with Crippen molar-refractivity contribution in [2.75, 3.05) is 0 Å². The highest BCUT2D eigenvalue weighted by atomic mass is 16.1. The van der Waals surface area contributed by atoms with E-state index in [-0.39, 0.29) is 5.56 Å². The van der Waals surface area contributed by atoms with E-state index in [0.29, 0.717) is 0 Å². The predicted octanol–water partition coefficient (Wildman–Crippen LogP) is 2.71. The number of hydrogen-bond donors (Lipinski definition) is 0. The Morgan fingerprint density at radius 3 is 2.44 bits per heavy atom. The van der Waals surface area contributed by atoms with Gasteiger partial charge in [-0.15, -0.1) is 0 Å². The van der Waals surface area contributed by atoms with E-state index in [1.165, 1.54) is 0 Å². The Kier molecular flexibility index (Phi) is 2.33. The lowest BCUT2D eigenvalue weighted by Crippen LogP contribution is -2.22. The van der Waals surface area contributed by atoms with Gasteiger partial charge in [0, 0.05) is 23.8 Å². The average molecular weight is 238 g/mol. The van der Waals surface area contributed by atoms with Crippen molar-refractivity contribution in [1.82, 2.24) is 8.97 Å². The molecule has 0 spiro atoms. The van der Waals surface area contributed by atoms with Crippen LogP contribution in [0.2, 0.25) is 0 Å². The maximum Gasteiger partial charge on any atom is 0.279 e. The Bertz CT molecular complexity index is 766. The van der Waals surface area contributed by atoms with E-state index in [2.05, 4.69) is 0 Å². The number of hydrogen-bond acceptors (Lipinski definition) is 1. The van der Waals surface area contributed by atoms with E-state index in [9.17, 15) is 4.79 Å². The second kappa shape index (κ2) is 3.88. The first-order valence-corrected chi connectivity index (χ1v) is 5.94. The average Bonchev–Trinajstić information content (AvgIpc) is 2.72. The van der Waals surface area contributed by atoms with Crippen molar-refractivity contribution >= 4 is 5.52 Å². The fraction of sp³-hybridized carbons (Fsp3) is 0.133. The van der Waals surface area contributed by atoms with E-state index in [0.717, 1.165) is 22.5 Å². The molecule has 3 nitrogen and oxygen atoms in total. The molecular formula is C15H14N2O. The Hall–Kier alpha value is -2.29. The highest BCUT2D eigenvalue weighted by molar-refractivity contribution is 5.55. The summed E-state index contributed by atoms with van der Waals surface area (Å²) in [6.45, 7) is 3.91. The molecule has 2 aromatic heterocycles. The van der Waals surface area contributed by atoms with Crippen LogP contribution < -0.4 is 5.56 Å². The molecule has 2 heterocycles. The van der Waals surface area contributed by atoms with Crippen LogP contribution in [0.15, 0.2) is 53.6 Å². The summed E-state index contributed by atoms with van der Waals surface area (Å²) in [6, 6.07) is 11.7. The summed E-state index contributed by atoms with van der Waals surface area (Å²) in [6.07, 6.45) is 3.91. The third-order valence-corrected chi connectivity index (χ3v) is 3.22. The van der Waals surface area contributed by atoms with Crippen LogP contribution in [-0.2, 0) is 0 Å². The van der Waals surface area contributed by atoms with Gasteiger partial charge in [-0.3, -0.25) is 9.36 Å². The van der Waals surface area contributed by atoms with Gasteiger partial charge >= 0.3 is 0 Å². The number of aryl methyl sites for hydroxylation is 2. The minimum Gasteiger partial charge on any atom is -0.317 e. The molecule has 0 amide bonds. The van der Waals surface area contributed by atoms with Gasteiger partial charge in [0.25, 0.3) is 5.56 Å². The molecule has 0 bridgehead atoms. The normalized spacial score (nSPS) is 11.0. The molecule has 3 heteroatoms. The zero-order chi connectivity index (χ0) is 12.7. The summed E-state index contributed by atoms with van der Waals surface area (Å²) in [5, 5.41) is 0. The SMILES string of the molecule is Cc1ccn2cc(C)n(-c3ccccc3)c(=O)c12. The van der Waals surface area contributed by atoms with Crippen LogP contribution in [0.3, 0.4) is 0 Å². The molecule has 0 atom stereocenters. The highest BCUT2D eigenvalue weighted by Crippen LogP contribution is 2.12. The third kappa shape index (κ3) is 1.48. The molecule has 18 heavy (non-hydrogen) atoms. The molecule has 0 fully saturated rings. The van der Waals surface area contributed by atoms with Crippen LogP contribution in [0.25, 0.3) is 11.2 Å². The van der Waals surface area contributed by atoms with Gasteiger partial charge in [-0.1, -0.05) is 18.2 Å².